The molecular formula is C30H28Cl2F3NO2. The van der Waals surface area contributed by atoms with Crippen molar-refractivity contribution in [2.75, 3.05) is 0 Å². The van der Waals surface area contributed by atoms with Crippen molar-refractivity contribution >= 4 is 40.7 Å². The zero-order chi connectivity index (χ0) is 26.7. The van der Waals surface area contributed by atoms with Gasteiger partial charge in [-0.3, -0.25) is 4.79 Å². The predicted octanol–water partition coefficient (Wildman–Crippen LogP) is 9.03. The van der Waals surface area contributed by atoms with E-state index >= 15 is 0 Å². The maximum Gasteiger partial charge on any atom is 0.416 e. The fourth-order valence-electron chi connectivity index (χ4n) is 4.65. The lowest BCUT2D eigenvalue weighted by molar-refractivity contribution is -0.140. The molecule has 0 amide bonds. The topological polar surface area (TPSA) is 49.3 Å². The first-order chi connectivity index (χ1) is 17.5. The minimum absolute atomic E-state index is 0. The number of rotatable bonds is 8. The van der Waals surface area contributed by atoms with E-state index in [0.717, 1.165) is 33.5 Å². The van der Waals surface area contributed by atoms with E-state index in [2.05, 4.69) is 18.3 Å². The van der Waals surface area contributed by atoms with E-state index in [1.165, 1.54) is 12.1 Å². The first-order valence-electron chi connectivity index (χ1n) is 12.0. The number of benzene rings is 4. The van der Waals surface area contributed by atoms with Gasteiger partial charge in [-0.2, -0.15) is 13.2 Å². The molecule has 3 nitrogen and oxygen atoms in total. The summed E-state index contributed by atoms with van der Waals surface area (Å²) in [5, 5.41) is 15.2. The maximum atomic E-state index is 13.7. The molecular weight excluding hydrogens is 534 g/mol. The molecule has 4 aromatic rings. The molecule has 0 aliphatic rings. The first kappa shape index (κ1) is 29.5. The van der Waals surface area contributed by atoms with Crippen LogP contribution in [-0.2, 0) is 17.4 Å². The summed E-state index contributed by atoms with van der Waals surface area (Å²) in [5.74, 6) is -1.14. The van der Waals surface area contributed by atoms with Gasteiger partial charge in [-0.05, 0) is 89.2 Å². The number of halogens is 5. The van der Waals surface area contributed by atoms with Crippen molar-refractivity contribution in [1.82, 2.24) is 5.32 Å². The van der Waals surface area contributed by atoms with Crippen LogP contribution in [0.1, 0.15) is 54.6 Å². The molecule has 0 aromatic heterocycles. The van der Waals surface area contributed by atoms with E-state index < -0.39 is 17.7 Å². The van der Waals surface area contributed by atoms with Crippen molar-refractivity contribution in [2.45, 2.75) is 44.9 Å². The Kier molecular flexibility index (Phi) is 9.47. The van der Waals surface area contributed by atoms with Gasteiger partial charge < -0.3 is 10.4 Å². The van der Waals surface area contributed by atoms with Crippen LogP contribution in [0, 0.1) is 0 Å². The Labute approximate surface area is 231 Å². The molecule has 4 rings (SSSR count). The Bertz CT molecular complexity index is 1440. The lowest BCUT2D eigenvalue weighted by Crippen LogP contribution is -2.22. The highest BCUT2D eigenvalue weighted by atomic mass is 35.5. The summed E-state index contributed by atoms with van der Waals surface area (Å²) in [6, 6.07) is 23.4. The smallest absolute Gasteiger partial charge is 0.416 e. The summed E-state index contributed by atoms with van der Waals surface area (Å²) in [4.78, 5) is 11.1. The van der Waals surface area contributed by atoms with Gasteiger partial charge in [0.25, 0.3) is 0 Å². The Hall–Kier alpha value is -3.06. The second kappa shape index (κ2) is 12.2. The van der Waals surface area contributed by atoms with E-state index in [9.17, 15) is 18.0 Å². The van der Waals surface area contributed by atoms with Crippen LogP contribution in [0.2, 0.25) is 5.02 Å². The lowest BCUT2D eigenvalue weighted by atomic mass is 9.90. The van der Waals surface area contributed by atoms with E-state index in [0.29, 0.717) is 10.6 Å². The minimum atomic E-state index is -4.56. The molecule has 0 heterocycles. The van der Waals surface area contributed by atoms with Gasteiger partial charge in [-0.1, -0.05) is 60.1 Å². The molecule has 2 N–H and O–H groups in total. The average molecular weight is 562 g/mol. The molecule has 0 saturated carbocycles. The highest BCUT2D eigenvalue weighted by molar-refractivity contribution is 6.30. The van der Waals surface area contributed by atoms with Crippen LogP contribution in [0.25, 0.3) is 21.9 Å². The summed E-state index contributed by atoms with van der Waals surface area (Å²) in [5.41, 5.74) is 2.61. The molecule has 4 aromatic carbocycles. The molecule has 8 heteroatoms. The van der Waals surface area contributed by atoms with E-state index in [1.807, 2.05) is 61.5 Å². The quantitative estimate of drug-likeness (QED) is 0.225. The normalized spacial score (nSPS) is 13.1. The van der Waals surface area contributed by atoms with Gasteiger partial charge in [-0.25, -0.2) is 0 Å². The van der Waals surface area contributed by atoms with Crippen LogP contribution >= 0.6 is 24.0 Å². The van der Waals surface area contributed by atoms with E-state index in [4.69, 9.17) is 16.7 Å². The number of carbonyl (C=O) groups is 1. The number of alkyl halides is 3. The molecule has 200 valence electrons. The van der Waals surface area contributed by atoms with Crippen LogP contribution in [0.15, 0.2) is 78.9 Å². The van der Waals surface area contributed by atoms with Crippen LogP contribution in [-0.4, -0.2) is 11.1 Å². The molecule has 0 saturated heterocycles. The second-order valence-electron chi connectivity index (χ2n) is 9.22. The van der Waals surface area contributed by atoms with Crippen molar-refractivity contribution in [1.29, 1.82) is 0 Å². The van der Waals surface area contributed by atoms with Crippen LogP contribution in [0.4, 0.5) is 13.2 Å². The first-order valence-corrected chi connectivity index (χ1v) is 12.4. The lowest BCUT2D eigenvalue weighted by Gasteiger charge is -2.23. The van der Waals surface area contributed by atoms with E-state index in [1.54, 1.807) is 0 Å². The number of carboxylic acid groups (broad SMARTS) is 1. The standard InChI is InChI=1S/C30H27ClF3NO2.ClH/c1-18(20-7-5-8-25(31)16-20)35-19(2)24-15-21-6-3-4-9-26(21)27(17-24)22-10-12-28(30(32,33)34)23(14-22)11-13-29(36)37;/h3-10,12,14-19,35H,11,13H2,1-2H3,(H,36,37);1H/t18-,19?;/m1./s1. The maximum absolute atomic E-state index is 13.7. The number of hydrogen-bond donors (Lipinski definition) is 2. The van der Waals surface area contributed by atoms with Crippen molar-refractivity contribution in [3.05, 3.63) is 106 Å². The zero-order valence-corrected chi connectivity index (χ0v) is 22.4. The Morgan fingerprint density at radius 2 is 1.63 bits per heavy atom. The number of carboxylic acids is 1. The molecule has 0 aliphatic carbocycles. The summed E-state index contributed by atoms with van der Waals surface area (Å²) in [7, 11) is 0. The number of aliphatic carboxylic acids is 1. The van der Waals surface area contributed by atoms with Crippen molar-refractivity contribution in [2.24, 2.45) is 0 Å². The molecule has 38 heavy (non-hydrogen) atoms. The molecule has 0 radical (unpaired) electrons. The number of nitrogens with one attached hydrogen (secondary N) is 1. The summed E-state index contributed by atoms with van der Waals surface area (Å²) in [6.07, 6.45) is -5.15. The zero-order valence-electron chi connectivity index (χ0n) is 20.9. The fraction of sp³-hybridized carbons (Fsp3) is 0.233. The molecule has 0 spiro atoms. The van der Waals surface area contributed by atoms with Gasteiger partial charge in [0.1, 0.15) is 0 Å². The van der Waals surface area contributed by atoms with Crippen LogP contribution < -0.4 is 5.32 Å². The summed E-state index contributed by atoms with van der Waals surface area (Å²) in [6.45, 7) is 4.09. The molecule has 2 atom stereocenters. The Balaban J connectivity index is 0.00000400. The van der Waals surface area contributed by atoms with Gasteiger partial charge in [0.15, 0.2) is 0 Å². The van der Waals surface area contributed by atoms with Crippen LogP contribution in [0.5, 0.6) is 0 Å². The van der Waals surface area contributed by atoms with Crippen molar-refractivity contribution < 1.29 is 23.1 Å². The number of hydrogen-bond acceptors (Lipinski definition) is 2. The Morgan fingerprint density at radius 1 is 0.921 bits per heavy atom. The molecule has 0 aliphatic heterocycles. The highest BCUT2D eigenvalue weighted by Crippen LogP contribution is 2.38. The summed E-state index contributed by atoms with van der Waals surface area (Å²) < 4.78 is 41.0. The average Bonchev–Trinajstić information content (AvgIpc) is 2.86. The van der Waals surface area contributed by atoms with Crippen molar-refractivity contribution in [3.8, 4) is 11.1 Å². The number of fused-ring (bicyclic) bond motifs is 1. The van der Waals surface area contributed by atoms with Crippen molar-refractivity contribution in [3.63, 3.8) is 0 Å². The van der Waals surface area contributed by atoms with Gasteiger partial charge in [0.05, 0.1) is 5.56 Å². The van der Waals surface area contributed by atoms with E-state index in [-0.39, 0.29) is 42.9 Å². The van der Waals surface area contributed by atoms with Gasteiger partial charge >= 0.3 is 12.1 Å². The third kappa shape index (κ3) is 6.87. The Morgan fingerprint density at radius 3 is 2.32 bits per heavy atom. The third-order valence-electron chi connectivity index (χ3n) is 6.56. The van der Waals surface area contributed by atoms with Gasteiger partial charge in [0.2, 0.25) is 0 Å². The largest absolute Gasteiger partial charge is 0.481 e. The third-order valence-corrected chi connectivity index (χ3v) is 6.80. The van der Waals surface area contributed by atoms with Gasteiger partial charge in [-0.15, -0.1) is 12.4 Å². The molecule has 1 unspecified atom stereocenters. The SMILES string of the molecule is CC(N[C@H](C)c1cccc(Cl)c1)c1cc(-c2ccc(C(F)(F)F)c(CCC(=O)O)c2)c2ccccc2c1.Cl. The fourth-order valence-corrected chi connectivity index (χ4v) is 4.85. The number of aryl methyl sites for hydroxylation is 1. The summed E-state index contributed by atoms with van der Waals surface area (Å²) >= 11 is 6.16. The predicted molar refractivity (Wildman–Crippen MR) is 149 cm³/mol. The second-order valence-corrected chi connectivity index (χ2v) is 9.65. The molecule has 0 bridgehead atoms. The van der Waals surface area contributed by atoms with Gasteiger partial charge in [0, 0.05) is 23.5 Å². The highest BCUT2D eigenvalue weighted by Gasteiger charge is 2.33. The molecule has 0 fully saturated rings. The minimum Gasteiger partial charge on any atom is -0.481 e. The van der Waals surface area contributed by atoms with Crippen LogP contribution in [0.3, 0.4) is 0 Å². The monoisotopic (exact) mass is 561 g/mol.